The Morgan fingerprint density at radius 3 is 2.40 bits per heavy atom. The number of rotatable bonds is 2. The SMILES string of the molecule is C=CCC[O-]. The number of hydrogen-bond acceptors (Lipinski definition) is 1. The van der Waals surface area contributed by atoms with Gasteiger partial charge in [0.05, 0.1) is 0 Å². The fourth-order valence-electron chi connectivity index (χ4n) is 0.0833. The van der Waals surface area contributed by atoms with Crippen molar-refractivity contribution in [3.8, 4) is 0 Å². The summed E-state index contributed by atoms with van der Waals surface area (Å²) in [4.78, 5) is 0. The van der Waals surface area contributed by atoms with Crippen LogP contribution < -0.4 is 5.11 Å². The van der Waals surface area contributed by atoms with E-state index >= 15 is 0 Å². The molecule has 5 heavy (non-hydrogen) atoms. The van der Waals surface area contributed by atoms with Crippen molar-refractivity contribution in [1.82, 2.24) is 0 Å². The third kappa shape index (κ3) is 3.70. The minimum Gasteiger partial charge on any atom is -0.854 e. The van der Waals surface area contributed by atoms with Crippen molar-refractivity contribution in [2.75, 3.05) is 6.61 Å². The molecule has 0 aliphatic rings. The van der Waals surface area contributed by atoms with E-state index in [1.54, 1.807) is 6.08 Å². The molecule has 0 amide bonds. The Labute approximate surface area is 31.9 Å². The zero-order valence-electron chi connectivity index (χ0n) is 3.11. The van der Waals surface area contributed by atoms with Gasteiger partial charge in [0.2, 0.25) is 0 Å². The van der Waals surface area contributed by atoms with Gasteiger partial charge in [0.1, 0.15) is 0 Å². The molecular formula is C4H7O-. The van der Waals surface area contributed by atoms with E-state index < -0.39 is 0 Å². The molecular weight excluding hydrogens is 64.0 g/mol. The molecule has 0 N–H and O–H groups in total. The van der Waals surface area contributed by atoms with Crippen LogP contribution in [-0.2, 0) is 0 Å². The van der Waals surface area contributed by atoms with Crippen molar-refractivity contribution in [2.24, 2.45) is 0 Å². The van der Waals surface area contributed by atoms with E-state index in [-0.39, 0.29) is 6.61 Å². The van der Waals surface area contributed by atoms with Gasteiger partial charge in [-0.3, -0.25) is 0 Å². The van der Waals surface area contributed by atoms with Crippen LogP contribution in [0.1, 0.15) is 6.42 Å². The van der Waals surface area contributed by atoms with Gasteiger partial charge in [-0.05, 0) is 0 Å². The normalized spacial score (nSPS) is 7.40. The lowest BCUT2D eigenvalue weighted by Gasteiger charge is -1.91. The Morgan fingerprint density at radius 2 is 2.40 bits per heavy atom. The molecule has 0 aromatic heterocycles. The van der Waals surface area contributed by atoms with E-state index in [0.29, 0.717) is 6.42 Å². The summed E-state index contributed by atoms with van der Waals surface area (Å²) in [6, 6.07) is 0. The summed E-state index contributed by atoms with van der Waals surface area (Å²) in [5, 5.41) is 9.46. The van der Waals surface area contributed by atoms with Crippen LogP contribution in [0.25, 0.3) is 0 Å². The van der Waals surface area contributed by atoms with Crippen LogP contribution in [0.3, 0.4) is 0 Å². The van der Waals surface area contributed by atoms with E-state index in [1.165, 1.54) is 0 Å². The molecule has 0 unspecified atom stereocenters. The summed E-state index contributed by atoms with van der Waals surface area (Å²) in [6.07, 6.45) is 2.22. The first-order chi connectivity index (χ1) is 2.41. The van der Waals surface area contributed by atoms with E-state index in [2.05, 4.69) is 6.58 Å². The predicted octanol–water partition coefficient (Wildman–Crippen LogP) is -0.0772. The molecule has 0 radical (unpaired) electrons. The highest BCUT2D eigenvalue weighted by Gasteiger charge is 1.52. The van der Waals surface area contributed by atoms with Crippen LogP contribution in [0.2, 0.25) is 0 Å². The minimum absolute atomic E-state index is 0.0243. The molecule has 30 valence electrons. The quantitative estimate of drug-likeness (QED) is 0.418. The van der Waals surface area contributed by atoms with Crippen molar-refractivity contribution < 1.29 is 5.11 Å². The van der Waals surface area contributed by atoms with Gasteiger partial charge in [0.15, 0.2) is 0 Å². The highest BCUT2D eigenvalue weighted by molar-refractivity contribution is 4.62. The third-order valence-electron chi connectivity index (χ3n) is 0.322. The van der Waals surface area contributed by atoms with Gasteiger partial charge >= 0.3 is 0 Å². The monoisotopic (exact) mass is 71.1 g/mol. The lowest BCUT2D eigenvalue weighted by molar-refractivity contribution is -0.366. The molecule has 0 aromatic carbocycles. The lowest BCUT2D eigenvalue weighted by atomic mass is 10.5. The molecule has 0 saturated heterocycles. The summed E-state index contributed by atoms with van der Waals surface area (Å²) in [5.74, 6) is 0. The van der Waals surface area contributed by atoms with Crippen molar-refractivity contribution in [1.29, 1.82) is 0 Å². The molecule has 0 atom stereocenters. The second-order valence-corrected chi connectivity index (χ2v) is 0.781. The Bertz CT molecular complexity index is 24.8. The fraction of sp³-hybridized carbons (Fsp3) is 0.500. The first-order valence-electron chi connectivity index (χ1n) is 1.61. The van der Waals surface area contributed by atoms with Gasteiger partial charge < -0.3 is 5.11 Å². The molecule has 1 nitrogen and oxygen atoms in total. The lowest BCUT2D eigenvalue weighted by Crippen LogP contribution is -2.02. The third-order valence-corrected chi connectivity index (χ3v) is 0.322. The van der Waals surface area contributed by atoms with Gasteiger partial charge in [0.25, 0.3) is 0 Å². The van der Waals surface area contributed by atoms with Gasteiger partial charge in [-0.2, -0.15) is 0 Å². The average molecular weight is 71.1 g/mol. The summed E-state index contributed by atoms with van der Waals surface area (Å²) in [7, 11) is 0. The number of hydrogen-bond donors (Lipinski definition) is 0. The summed E-state index contributed by atoms with van der Waals surface area (Å²) in [6.45, 7) is 3.33. The Hall–Kier alpha value is -0.300. The highest BCUT2D eigenvalue weighted by Crippen LogP contribution is 1.66. The van der Waals surface area contributed by atoms with Crippen LogP contribution in [0.4, 0.5) is 0 Å². The van der Waals surface area contributed by atoms with Crippen molar-refractivity contribution in [2.45, 2.75) is 6.42 Å². The first-order valence-corrected chi connectivity index (χ1v) is 1.61. The predicted molar refractivity (Wildman–Crippen MR) is 19.7 cm³/mol. The fourth-order valence-corrected chi connectivity index (χ4v) is 0.0833. The topological polar surface area (TPSA) is 23.1 Å². The molecule has 0 rings (SSSR count). The zero-order chi connectivity index (χ0) is 4.12. The minimum atomic E-state index is -0.0243. The first kappa shape index (κ1) is 4.70. The average Bonchev–Trinajstić information content (AvgIpc) is 1.41. The van der Waals surface area contributed by atoms with Crippen LogP contribution >= 0.6 is 0 Å². The van der Waals surface area contributed by atoms with Crippen LogP contribution in [0, 0.1) is 0 Å². The van der Waals surface area contributed by atoms with Crippen LogP contribution in [-0.4, -0.2) is 6.61 Å². The maximum atomic E-state index is 9.46. The molecule has 0 heterocycles. The van der Waals surface area contributed by atoms with Gasteiger partial charge in [-0.1, -0.05) is 12.5 Å². The second kappa shape index (κ2) is 3.70. The van der Waals surface area contributed by atoms with E-state index in [9.17, 15) is 5.11 Å². The molecule has 0 fully saturated rings. The summed E-state index contributed by atoms with van der Waals surface area (Å²) >= 11 is 0. The van der Waals surface area contributed by atoms with Gasteiger partial charge in [-0.15, -0.1) is 13.2 Å². The summed E-state index contributed by atoms with van der Waals surface area (Å²) < 4.78 is 0. The molecule has 1 heteroatoms. The molecule has 0 bridgehead atoms. The zero-order valence-corrected chi connectivity index (χ0v) is 3.11. The second-order valence-electron chi connectivity index (χ2n) is 0.781. The smallest absolute Gasteiger partial charge is 0.0508 e. The summed E-state index contributed by atoms with van der Waals surface area (Å²) in [5.41, 5.74) is 0. The van der Waals surface area contributed by atoms with E-state index in [4.69, 9.17) is 0 Å². The molecule has 0 aliphatic heterocycles. The van der Waals surface area contributed by atoms with E-state index in [1.807, 2.05) is 0 Å². The van der Waals surface area contributed by atoms with E-state index in [0.717, 1.165) is 0 Å². The Morgan fingerprint density at radius 1 is 1.80 bits per heavy atom. The molecule has 0 aromatic rings. The van der Waals surface area contributed by atoms with Crippen molar-refractivity contribution in [3.05, 3.63) is 12.7 Å². The van der Waals surface area contributed by atoms with Crippen molar-refractivity contribution >= 4 is 0 Å². The highest BCUT2D eigenvalue weighted by atomic mass is 16.2. The molecule has 0 saturated carbocycles. The van der Waals surface area contributed by atoms with Gasteiger partial charge in [-0.25, -0.2) is 0 Å². The molecule has 0 spiro atoms. The van der Waals surface area contributed by atoms with Crippen molar-refractivity contribution in [3.63, 3.8) is 0 Å². The molecule has 0 aliphatic carbocycles. The van der Waals surface area contributed by atoms with Crippen LogP contribution in [0.5, 0.6) is 0 Å². The van der Waals surface area contributed by atoms with Crippen LogP contribution in [0.15, 0.2) is 12.7 Å². The standard InChI is InChI=1S/C4H7O/c1-2-3-4-5/h2H,1,3-4H2/q-1. The van der Waals surface area contributed by atoms with Gasteiger partial charge in [0, 0.05) is 0 Å². The Balaban J connectivity index is 2.40. The Kier molecular flexibility index (Phi) is 3.48. The maximum absolute atomic E-state index is 9.46. The largest absolute Gasteiger partial charge is 0.854 e. The maximum Gasteiger partial charge on any atom is -0.0508 e.